The van der Waals surface area contributed by atoms with Gasteiger partial charge in [0, 0.05) is 5.41 Å². The van der Waals surface area contributed by atoms with E-state index in [1.165, 1.54) is 16.7 Å². The van der Waals surface area contributed by atoms with Gasteiger partial charge in [-0.25, -0.2) is 0 Å². The highest BCUT2D eigenvalue weighted by atomic mass is 16.3. The van der Waals surface area contributed by atoms with E-state index in [9.17, 15) is 5.11 Å². The van der Waals surface area contributed by atoms with E-state index in [1.54, 1.807) is 0 Å². The summed E-state index contributed by atoms with van der Waals surface area (Å²) in [5.41, 5.74) is 5.38. The molecule has 0 aliphatic heterocycles. The van der Waals surface area contributed by atoms with E-state index in [2.05, 4.69) is 49.4 Å². The molecule has 1 heteroatoms. The molecule has 1 N–H and O–H groups in total. The van der Waals surface area contributed by atoms with Crippen molar-refractivity contribution in [3.05, 3.63) is 70.8 Å². The summed E-state index contributed by atoms with van der Waals surface area (Å²) in [5.74, 6) is 0.514. The van der Waals surface area contributed by atoms with Crippen LogP contribution in [0.1, 0.15) is 35.3 Å². The Morgan fingerprint density at radius 3 is 2.25 bits per heavy atom. The van der Waals surface area contributed by atoms with Gasteiger partial charge >= 0.3 is 0 Å². The summed E-state index contributed by atoms with van der Waals surface area (Å²) in [5, 5.41) is 11.0. The van der Waals surface area contributed by atoms with Crippen molar-refractivity contribution in [1.82, 2.24) is 0 Å². The molecule has 1 nitrogen and oxygen atoms in total. The lowest BCUT2D eigenvalue weighted by atomic mass is 9.62. The highest BCUT2D eigenvalue weighted by molar-refractivity contribution is 5.41. The Bertz CT molecular complexity index is 660. The van der Waals surface area contributed by atoms with Crippen LogP contribution in [0.2, 0.25) is 0 Å². The minimum atomic E-state index is -0.318. The maximum Gasteiger partial charge on any atom is 0.0857 e. The molecule has 2 aromatic rings. The van der Waals surface area contributed by atoms with Gasteiger partial charge in [0.15, 0.2) is 0 Å². The second kappa shape index (κ2) is 4.20. The quantitative estimate of drug-likeness (QED) is 0.769. The molecule has 20 heavy (non-hydrogen) atoms. The summed E-state index contributed by atoms with van der Waals surface area (Å²) in [6, 6.07) is 17.1. The fourth-order valence-corrected chi connectivity index (χ4v) is 4.32. The topological polar surface area (TPSA) is 20.2 Å². The fraction of sp³-hybridized carbons (Fsp3) is 0.368. The maximum atomic E-state index is 11.0. The van der Waals surface area contributed by atoms with Crippen molar-refractivity contribution in [3.8, 4) is 0 Å². The average molecular weight is 264 g/mol. The molecule has 0 aromatic heterocycles. The Balaban J connectivity index is 1.80. The second-order valence-corrected chi connectivity index (χ2v) is 6.56. The SMILES string of the molecule is CC1Cc2ccccc2CC12Cc1ccccc1C2O. The molecule has 2 aromatic carbocycles. The smallest absolute Gasteiger partial charge is 0.0857 e. The number of benzene rings is 2. The predicted molar refractivity (Wildman–Crippen MR) is 80.6 cm³/mol. The summed E-state index contributed by atoms with van der Waals surface area (Å²) in [6.07, 6.45) is 2.78. The zero-order valence-electron chi connectivity index (χ0n) is 11.8. The fourth-order valence-electron chi connectivity index (χ4n) is 4.32. The van der Waals surface area contributed by atoms with Gasteiger partial charge < -0.3 is 5.11 Å². The number of rotatable bonds is 0. The molecule has 0 bridgehead atoms. The van der Waals surface area contributed by atoms with E-state index in [4.69, 9.17) is 0 Å². The largest absolute Gasteiger partial charge is 0.388 e. The Hall–Kier alpha value is -1.60. The normalized spacial score (nSPS) is 31.1. The lowest BCUT2D eigenvalue weighted by Gasteiger charge is -2.43. The lowest BCUT2D eigenvalue weighted by molar-refractivity contribution is -0.00851. The van der Waals surface area contributed by atoms with E-state index < -0.39 is 0 Å². The van der Waals surface area contributed by atoms with Crippen LogP contribution < -0.4 is 0 Å². The first kappa shape index (κ1) is 12.2. The summed E-state index contributed by atoms with van der Waals surface area (Å²) < 4.78 is 0. The maximum absolute atomic E-state index is 11.0. The zero-order valence-corrected chi connectivity index (χ0v) is 11.8. The van der Waals surface area contributed by atoms with Crippen LogP contribution in [0.4, 0.5) is 0 Å². The van der Waals surface area contributed by atoms with E-state index in [0.717, 1.165) is 24.8 Å². The van der Waals surface area contributed by atoms with Crippen molar-refractivity contribution in [2.45, 2.75) is 32.3 Å². The number of aliphatic hydroxyl groups is 1. The van der Waals surface area contributed by atoms with Crippen molar-refractivity contribution < 1.29 is 5.11 Å². The highest BCUT2D eigenvalue weighted by Crippen LogP contribution is 2.55. The predicted octanol–water partition coefficient (Wildman–Crippen LogP) is 3.70. The molecular formula is C19H20O. The second-order valence-electron chi connectivity index (χ2n) is 6.56. The molecule has 0 radical (unpaired) electrons. The summed E-state index contributed by atoms with van der Waals surface area (Å²) in [7, 11) is 0. The molecule has 1 spiro atoms. The first-order valence-electron chi connectivity index (χ1n) is 7.53. The number of hydrogen-bond acceptors (Lipinski definition) is 1. The molecule has 0 saturated heterocycles. The van der Waals surface area contributed by atoms with Gasteiger partial charge in [0.1, 0.15) is 0 Å². The third-order valence-electron chi connectivity index (χ3n) is 5.56. The van der Waals surface area contributed by atoms with Crippen molar-refractivity contribution >= 4 is 0 Å². The van der Waals surface area contributed by atoms with Crippen molar-refractivity contribution in [2.24, 2.45) is 11.3 Å². The number of hydrogen-bond donors (Lipinski definition) is 1. The summed E-state index contributed by atoms with van der Waals surface area (Å²) in [6.45, 7) is 2.31. The molecular weight excluding hydrogens is 244 g/mol. The first-order valence-corrected chi connectivity index (χ1v) is 7.53. The molecule has 2 aliphatic carbocycles. The van der Waals surface area contributed by atoms with Gasteiger partial charge in [-0.15, -0.1) is 0 Å². The van der Waals surface area contributed by atoms with Crippen LogP contribution >= 0.6 is 0 Å². The van der Waals surface area contributed by atoms with Gasteiger partial charge in [-0.3, -0.25) is 0 Å². The first-order chi connectivity index (χ1) is 9.71. The van der Waals surface area contributed by atoms with Crippen LogP contribution in [0, 0.1) is 11.3 Å². The minimum absolute atomic E-state index is 0.00194. The molecule has 3 atom stereocenters. The van der Waals surface area contributed by atoms with Crippen molar-refractivity contribution in [3.63, 3.8) is 0 Å². The van der Waals surface area contributed by atoms with E-state index >= 15 is 0 Å². The van der Waals surface area contributed by atoms with Crippen LogP contribution in [-0.4, -0.2) is 5.11 Å². The third-order valence-corrected chi connectivity index (χ3v) is 5.56. The van der Waals surface area contributed by atoms with E-state index in [0.29, 0.717) is 5.92 Å². The van der Waals surface area contributed by atoms with Gasteiger partial charge in [-0.2, -0.15) is 0 Å². The molecule has 0 amide bonds. The lowest BCUT2D eigenvalue weighted by Crippen LogP contribution is -2.40. The Kier molecular flexibility index (Phi) is 2.55. The van der Waals surface area contributed by atoms with Crippen molar-refractivity contribution in [1.29, 1.82) is 0 Å². The number of fused-ring (bicyclic) bond motifs is 2. The van der Waals surface area contributed by atoms with Gasteiger partial charge in [0.2, 0.25) is 0 Å². The standard InChI is InChI=1S/C19H20O/c1-13-10-14-6-2-3-7-15(14)11-19(13)12-16-8-4-5-9-17(16)18(19)20/h2-9,13,18,20H,10-12H2,1H3. The van der Waals surface area contributed by atoms with Crippen LogP contribution in [0.5, 0.6) is 0 Å². The Morgan fingerprint density at radius 2 is 1.50 bits per heavy atom. The van der Waals surface area contributed by atoms with Gasteiger partial charge in [-0.05, 0) is 47.4 Å². The summed E-state index contributed by atoms with van der Waals surface area (Å²) in [4.78, 5) is 0. The van der Waals surface area contributed by atoms with Crippen LogP contribution in [-0.2, 0) is 19.3 Å². The molecule has 102 valence electrons. The monoisotopic (exact) mass is 264 g/mol. The van der Waals surface area contributed by atoms with E-state index in [1.807, 2.05) is 6.07 Å². The highest BCUT2D eigenvalue weighted by Gasteiger charge is 2.50. The molecule has 2 aliphatic rings. The average Bonchev–Trinajstić information content (AvgIpc) is 2.75. The van der Waals surface area contributed by atoms with Crippen molar-refractivity contribution in [2.75, 3.05) is 0 Å². The van der Waals surface area contributed by atoms with E-state index in [-0.39, 0.29) is 11.5 Å². The minimum Gasteiger partial charge on any atom is -0.388 e. The Morgan fingerprint density at radius 1 is 0.900 bits per heavy atom. The zero-order chi connectivity index (χ0) is 13.7. The molecule has 0 fully saturated rings. The molecule has 0 saturated carbocycles. The molecule has 3 unspecified atom stereocenters. The van der Waals surface area contributed by atoms with Crippen LogP contribution in [0.3, 0.4) is 0 Å². The van der Waals surface area contributed by atoms with Gasteiger partial charge in [0.25, 0.3) is 0 Å². The summed E-state index contributed by atoms with van der Waals surface area (Å²) >= 11 is 0. The van der Waals surface area contributed by atoms with Crippen LogP contribution in [0.15, 0.2) is 48.5 Å². The molecule has 4 rings (SSSR count). The Labute approximate surface area is 120 Å². The molecule has 0 heterocycles. The van der Waals surface area contributed by atoms with Crippen LogP contribution in [0.25, 0.3) is 0 Å². The number of aliphatic hydroxyl groups excluding tert-OH is 1. The van der Waals surface area contributed by atoms with Gasteiger partial charge in [0.05, 0.1) is 6.10 Å². The van der Waals surface area contributed by atoms with Gasteiger partial charge in [-0.1, -0.05) is 55.5 Å². The third kappa shape index (κ3) is 1.53.